The van der Waals surface area contributed by atoms with Crippen molar-refractivity contribution in [3.8, 4) is 0 Å². The van der Waals surface area contributed by atoms with E-state index in [2.05, 4.69) is 15.0 Å². The van der Waals surface area contributed by atoms with Gasteiger partial charge in [-0.1, -0.05) is 17.0 Å². The van der Waals surface area contributed by atoms with Crippen molar-refractivity contribution in [3.63, 3.8) is 0 Å². The van der Waals surface area contributed by atoms with E-state index in [9.17, 15) is 4.79 Å². The highest BCUT2D eigenvalue weighted by Gasteiger charge is 2.10. The third-order valence-electron chi connectivity index (χ3n) is 2.17. The molecular formula is C11H13N3O5. The van der Waals surface area contributed by atoms with Gasteiger partial charge >= 0.3 is 6.16 Å². The van der Waals surface area contributed by atoms with Crippen LogP contribution in [0.4, 0.5) is 4.79 Å². The number of benzene rings is 1. The SMILES string of the molecule is COCCOCOC(=O)On1nnc2ccccc21. The maximum absolute atomic E-state index is 11.3. The number of methoxy groups -OCH3 is 1. The molecule has 0 saturated heterocycles. The fourth-order valence-electron chi connectivity index (χ4n) is 1.30. The molecule has 0 aliphatic rings. The first kappa shape index (κ1) is 13.2. The molecule has 0 radical (unpaired) electrons. The second-order valence-electron chi connectivity index (χ2n) is 3.46. The second-order valence-corrected chi connectivity index (χ2v) is 3.46. The van der Waals surface area contributed by atoms with Crippen molar-refractivity contribution < 1.29 is 23.8 Å². The third kappa shape index (κ3) is 3.63. The van der Waals surface area contributed by atoms with Crippen molar-refractivity contribution in [2.45, 2.75) is 0 Å². The molecule has 1 aromatic carbocycles. The van der Waals surface area contributed by atoms with Crippen LogP contribution < -0.4 is 4.84 Å². The van der Waals surface area contributed by atoms with Crippen LogP contribution in [0.25, 0.3) is 11.0 Å². The highest BCUT2D eigenvalue weighted by molar-refractivity contribution is 5.74. The predicted molar refractivity (Wildman–Crippen MR) is 63.3 cm³/mol. The van der Waals surface area contributed by atoms with Crippen LogP contribution in [0.5, 0.6) is 0 Å². The summed E-state index contributed by atoms with van der Waals surface area (Å²) in [6.45, 7) is 0.539. The number of ether oxygens (including phenoxy) is 3. The first-order valence-corrected chi connectivity index (χ1v) is 5.53. The number of hydrogen-bond donors (Lipinski definition) is 0. The van der Waals surface area contributed by atoms with Crippen LogP contribution >= 0.6 is 0 Å². The first-order valence-electron chi connectivity index (χ1n) is 5.53. The Morgan fingerprint density at radius 1 is 1.32 bits per heavy atom. The van der Waals surface area contributed by atoms with Crippen molar-refractivity contribution >= 4 is 17.2 Å². The summed E-state index contributed by atoms with van der Waals surface area (Å²) in [6.07, 6.45) is -0.923. The van der Waals surface area contributed by atoms with Crippen LogP contribution in [-0.2, 0) is 14.2 Å². The molecule has 0 N–H and O–H groups in total. The Morgan fingerprint density at radius 2 is 2.16 bits per heavy atom. The zero-order chi connectivity index (χ0) is 13.5. The van der Waals surface area contributed by atoms with Crippen molar-refractivity contribution in [2.24, 2.45) is 0 Å². The number of nitrogens with zero attached hydrogens (tertiary/aromatic N) is 3. The zero-order valence-corrected chi connectivity index (χ0v) is 10.3. The summed E-state index contributed by atoms with van der Waals surface area (Å²) in [5.41, 5.74) is 1.19. The summed E-state index contributed by atoms with van der Waals surface area (Å²) in [6, 6.07) is 7.06. The molecule has 8 nitrogen and oxygen atoms in total. The smallest absolute Gasteiger partial charge is 0.405 e. The summed E-state index contributed by atoms with van der Waals surface area (Å²) >= 11 is 0. The van der Waals surface area contributed by atoms with Gasteiger partial charge < -0.3 is 14.2 Å². The van der Waals surface area contributed by atoms with Crippen LogP contribution in [0, 0.1) is 0 Å². The summed E-state index contributed by atoms with van der Waals surface area (Å²) in [4.78, 5) is 17.2. The zero-order valence-electron chi connectivity index (χ0n) is 10.3. The van der Waals surface area contributed by atoms with E-state index < -0.39 is 6.16 Å². The highest BCUT2D eigenvalue weighted by Crippen LogP contribution is 2.08. The van der Waals surface area contributed by atoms with Crippen molar-refractivity contribution in [1.29, 1.82) is 0 Å². The van der Waals surface area contributed by atoms with Gasteiger partial charge in [-0.3, -0.25) is 4.84 Å². The molecule has 0 fully saturated rings. The predicted octanol–water partition coefficient (Wildman–Crippen LogP) is 0.617. The van der Waals surface area contributed by atoms with E-state index in [0.29, 0.717) is 24.2 Å². The molecular weight excluding hydrogens is 254 g/mol. The van der Waals surface area contributed by atoms with Gasteiger partial charge in [-0.15, -0.1) is 5.10 Å². The minimum atomic E-state index is -0.923. The number of rotatable bonds is 6. The Balaban J connectivity index is 1.82. The lowest BCUT2D eigenvalue weighted by atomic mass is 10.3. The molecule has 0 spiro atoms. The van der Waals surface area contributed by atoms with Crippen LogP contribution in [0.3, 0.4) is 0 Å². The molecule has 2 rings (SSSR count). The van der Waals surface area contributed by atoms with E-state index in [0.717, 1.165) is 4.85 Å². The summed E-state index contributed by atoms with van der Waals surface area (Å²) in [7, 11) is 1.55. The second kappa shape index (κ2) is 6.66. The number of hydrogen-bond acceptors (Lipinski definition) is 7. The van der Waals surface area contributed by atoms with Gasteiger partial charge in [0.25, 0.3) is 0 Å². The van der Waals surface area contributed by atoms with Crippen LogP contribution in [0.15, 0.2) is 24.3 Å². The number of para-hydroxylation sites is 1. The number of aromatic nitrogens is 3. The van der Waals surface area contributed by atoms with Gasteiger partial charge in [-0.2, -0.15) is 0 Å². The van der Waals surface area contributed by atoms with E-state index in [1.165, 1.54) is 0 Å². The average Bonchev–Trinajstić information content (AvgIpc) is 2.82. The Bertz CT molecular complexity index is 542. The van der Waals surface area contributed by atoms with Gasteiger partial charge in [-0.25, -0.2) is 4.79 Å². The molecule has 19 heavy (non-hydrogen) atoms. The van der Waals surface area contributed by atoms with E-state index in [-0.39, 0.29) is 6.79 Å². The summed E-state index contributed by atoms with van der Waals surface area (Å²) in [5, 5.41) is 7.50. The number of carbonyl (C=O) groups is 1. The van der Waals surface area contributed by atoms with Gasteiger partial charge in [0.2, 0.25) is 0 Å². The Hall–Kier alpha value is -2.19. The van der Waals surface area contributed by atoms with Gasteiger partial charge in [0.1, 0.15) is 11.0 Å². The molecule has 0 aliphatic heterocycles. The van der Waals surface area contributed by atoms with E-state index >= 15 is 0 Å². The lowest BCUT2D eigenvalue weighted by Crippen LogP contribution is -2.23. The number of fused-ring (bicyclic) bond motifs is 1. The maximum Gasteiger partial charge on any atom is 0.537 e. The lowest BCUT2D eigenvalue weighted by molar-refractivity contribution is -0.0589. The Labute approximate surface area is 108 Å². The van der Waals surface area contributed by atoms with E-state index in [1.807, 2.05) is 6.07 Å². The molecule has 102 valence electrons. The standard InChI is InChI=1S/C11H13N3O5/c1-16-6-7-17-8-18-11(15)19-14-10-5-3-2-4-9(10)12-13-14/h2-5H,6-8H2,1H3. The largest absolute Gasteiger partial charge is 0.537 e. The molecule has 0 unspecified atom stereocenters. The summed E-state index contributed by atoms with van der Waals surface area (Å²) < 4.78 is 14.4. The van der Waals surface area contributed by atoms with E-state index in [4.69, 9.17) is 14.3 Å². The fourth-order valence-corrected chi connectivity index (χ4v) is 1.30. The van der Waals surface area contributed by atoms with Crippen molar-refractivity contribution in [1.82, 2.24) is 15.2 Å². The minimum absolute atomic E-state index is 0.213. The van der Waals surface area contributed by atoms with Gasteiger partial charge in [0.15, 0.2) is 6.79 Å². The maximum atomic E-state index is 11.3. The van der Waals surface area contributed by atoms with Crippen LogP contribution in [-0.4, -0.2) is 48.4 Å². The molecule has 1 aromatic heterocycles. The monoisotopic (exact) mass is 267 g/mol. The Kier molecular flexibility index (Phi) is 4.65. The molecule has 0 atom stereocenters. The van der Waals surface area contributed by atoms with Crippen molar-refractivity contribution in [2.75, 3.05) is 27.1 Å². The third-order valence-corrected chi connectivity index (χ3v) is 2.17. The number of carbonyl (C=O) groups excluding carboxylic acids is 1. The van der Waals surface area contributed by atoms with Gasteiger partial charge in [-0.05, 0) is 17.3 Å². The molecule has 2 aromatic rings. The first-order chi connectivity index (χ1) is 9.31. The van der Waals surface area contributed by atoms with Crippen molar-refractivity contribution in [3.05, 3.63) is 24.3 Å². The highest BCUT2D eigenvalue weighted by atomic mass is 16.8. The fraction of sp³-hybridized carbons (Fsp3) is 0.364. The lowest BCUT2D eigenvalue weighted by Gasteiger charge is -2.05. The van der Waals surface area contributed by atoms with Gasteiger partial charge in [0, 0.05) is 7.11 Å². The molecule has 0 bridgehead atoms. The minimum Gasteiger partial charge on any atom is -0.405 e. The Morgan fingerprint density at radius 3 is 3.00 bits per heavy atom. The quantitative estimate of drug-likeness (QED) is 0.328. The molecule has 0 amide bonds. The molecule has 0 saturated carbocycles. The topological polar surface area (TPSA) is 84.7 Å². The molecule has 1 heterocycles. The van der Waals surface area contributed by atoms with Gasteiger partial charge in [0.05, 0.1) is 13.2 Å². The molecule has 8 heteroatoms. The van der Waals surface area contributed by atoms with Crippen LogP contribution in [0.2, 0.25) is 0 Å². The van der Waals surface area contributed by atoms with E-state index in [1.54, 1.807) is 25.3 Å². The average molecular weight is 267 g/mol. The molecule has 0 aliphatic carbocycles. The summed E-state index contributed by atoms with van der Waals surface area (Å²) in [5.74, 6) is 0. The normalized spacial score (nSPS) is 10.6. The van der Waals surface area contributed by atoms with Crippen LogP contribution in [0.1, 0.15) is 0 Å².